The highest BCUT2D eigenvalue weighted by Crippen LogP contribution is 2.67. The topological polar surface area (TPSA) is 130 Å². The maximum atomic E-state index is 9.38. The van der Waals surface area contributed by atoms with Crippen molar-refractivity contribution in [2.24, 2.45) is 12.5 Å². The fraction of sp³-hybridized carbons (Fsp3) is 0.308. The molecular weight excluding hydrogens is 454 g/mol. The van der Waals surface area contributed by atoms with E-state index in [0.29, 0.717) is 28.6 Å². The molecule has 0 atom stereocenters. The number of ether oxygens (including phenoxy) is 1. The summed E-state index contributed by atoms with van der Waals surface area (Å²) in [4.78, 5) is 9.42. The number of fused-ring (bicyclic) bond motifs is 1. The van der Waals surface area contributed by atoms with Gasteiger partial charge in [-0.3, -0.25) is 4.68 Å². The molecule has 0 saturated heterocycles. The van der Waals surface area contributed by atoms with Gasteiger partial charge in [0.2, 0.25) is 11.8 Å². The maximum absolute atomic E-state index is 9.38. The molecule has 0 aliphatic heterocycles. The molecule has 1 aromatic carbocycles. The Morgan fingerprint density at radius 3 is 2.50 bits per heavy atom. The summed E-state index contributed by atoms with van der Waals surface area (Å²) in [6, 6.07) is 8.39. The first-order chi connectivity index (χ1) is 17.3. The summed E-state index contributed by atoms with van der Waals surface area (Å²) >= 11 is 0. The van der Waals surface area contributed by atoms with E-state index in [1.807, 2.05) is 51.5 Å². The van der Waals surface area contributed by atoms with E-state index in [9.17, 15) is 5.26 Å². The highest BCUT2D eigenvalue weighted by molar-refractivity contribution is 5.82. The van der Waals surface area contributed by atoms with E-state index in [-0.39, 0.29) is 11.0 Å². The highest BCUT2D eigenvalue weighted by atomic mass is 16.5. The van der Waals surface area contributed by atoms with Gasteiger partial charge in [-0.1, -0.05) is 0 Å². The number of nitrogens with zero attached hydrogens (tertiary/aromatic N) is 8. The Morgan fingerprint density at radius 2 is 1.86 bits per heavy atom. The summed E-state index contributed by atoms with van der Waals surface area (Å²) in [6.07, 6.45) is 11.1. The average molecular weight is 478 g/mol. The van der Waals surface area contributed by atoms with Crippen LogP contribution < -0.4 is 10.1 Å². The third-order valence-electron chi connectivity index (χ3n) is 6.98. The van der Waals surface area contributed by atoms with Crippen molar-refractivity contribution in [1.29, 1.82) is 10.5 Å². The molecule has 10 nitrogen and oxygen atoms in total. The van der Waals surface area contributed by atoms with E-state index < -0.39 is 0 Å². The van der Waals surface area contributed by atoms with Crippen molar-refractivity contribution >= 4 is 23.1 Å². The normalized spacial score (nSPS) is 22.0. The van der Waals surface area contributed by atoms with E-state index in [2.05, 4.69) is 26.6 Å². The zero-order valence-corrected chi connectivity index (χ0v) is 20.1. The molecule has 7 rings (SSSR count). The molecule has 3 aromatic heterocycles. The maximum Gasteiger partial charge on any atom is 0.235 e. The van der Waals surface area contributed by atoms with Crippen LogP contribution in [0.2, 0.25) is 0 Å². The summed E-state index contributed by atoms with van der Waals surface area (Å²) in [5.41, 5.74) is 3.74. The van der Waals surface area contributed by atoms with Gasteiger partial charge < -0.3 is 10.1 Å². The molecule has 0 amide bonds. The van der Waals surface area contributed by atoms with Gasteiger partial charge in [0.25, 0.3) is 0 Å². The van der Waals surface area contributed by atoms with Gasteiger partial charge in [0.1, 0.15) is 16.8 Å². The number of nitrogens with one attached hydrogen (secondary N) is 1. The van der Waals surface area contributed by atoms with Crippen LogP contribution in [0.4, 0.5) is 5.95 Å². The van der Waals surface area contributed by atoms with Crippen molar-refractivity contribution in [1.82, 2.24) is 29.5 Å². The third-order valence-corrected chi connectivity index (χ3v) is 6.98. The minimum absolute atomic E-state index is 0.132. The number of hydrogen-bond donors (Lipinski definition) is 1. The third kappa shape index (κ3) is 3.46. The van der Waals surface area contributed by atoms with Crippen molar-refractivity contribution in [3.8, 4) is 29.5 Å². The van der Waals surface area contributed by atoms with Gasteiger partial charge in [0.05, 0.1) is 29.9 Å². The zero-order valence-electron chi connectivity index (χ0n) is 20.1. The molecule has 3 saturated carbocycles. The van der Waals surface area contributed by atoms with E-state index in [1.54, 1.807) is 21.6 Å². The van der Waals surface area contributed by atoms with Crippen LogP contribution in [0.25, 0.3) is 22.8 Å². The van der Waals surface area contributed by atoms with Crippen LogP contribution >= 0.6 is 0 Å². The fourth-order valence-corrected chi connectivity index (χ4v) is 5.42. The van der Waals surface area contributed by atoms with Crippen LogP contribution in [0.3, 0.4) is 0 Å². The minimum atomic E-state index is -0.186. The molecule has 4 aromatic rings. The van der Waals surface area contributed by atoms with E-state index in [0.717, 1.165) is 41.6 Å². The molecule has 0 spiro atoms. The SMILES string of the molecule is Cc1cc(/C=C/C#N)cc(C)c1Oc1nc(NC23CC(C#N)(C2)C3)nc2nn(-c3cnn(C)c3)cc12. The number of benzene rings is 1. The molecule has 3 aliphatic carbocycles. The first-order valence-electron chi connectivity index (χ1n) is 11.6. The van der Waals surface area contributed by atoms with E-state index in [4.69, 9.17) is 15.0 Å². The predicted octanol–water partition coefficient (Wildman–Crippen LogP) is 4.35. The second-order valence-corrected chi connectivity index (χ2v) is 9.91. The molecule has 3 aliphatic rings. The summed E-state index contributed by atoms with van der Waals surface area (Å²) in [7, 11) is 1.85. The first kappa shape index (κ1) is 21.8. The van der Waals surface area contributed by atoms with Crippen LogP contribution in [0, 0.1) is 41.9 Å². The number of allylic oxidation sites excluding steroid dienone is 1. The number of rotatable bonds is 6. The lowest BCUT2D eigenvalue weighted by molar-refractivity contribution is -0.0665. The van der Waals surface area contributed by atoms with Crippen molar-refractivity contribution in [3.63, 3.8) is 0 Å². The van der Waals surface area contributed by atoms with E-state index >= 15 is 0 Å². The molecule has 0 radical (unpaired) electrons. The van der Waals surface area contributed by atoms with Crippen molar-refractivity contribution < 1.29 is 4.74 Å². The molecule has 0 unspecified atom stereocenters. The quantitative estimate of drug-likeness (QED) is 0.406. The molecule has 3 fully saturated rings. The van der Waals surface area contributed by atoms with Gasteiger partial charge in [-0.05, 0) is 68.0 Å². The van der Waals surface area contributed by atoms with Gasteiger partial charge in [-0.2, -0.15) is 25.6 Å². The van der Waals surface area contributed by atoms with Gasteiger partial charge >= 0.3 is 0 Å². The lowest BCUT2D eigenvalue weighted by atomic mass is 9.40. The van der Waals surface area contributed by atoms with Gasteiger partial charge in [0, 0.05) is 24.9 Å². The number of aromatic nitrogens is 6. The predicted molar refractivity (Wildman–Crippen MR) is 132 cm³/mol. The fourth-order valence-electron chi connectivity index (χ4n) is 5.42. The lowest BCUT2D eigenvalue weighted by Crippen LogP contribution is -2.70. The van der Waals surface area contributed by atoms with Crippen LogP contribution in [0.5, 0.6) is 11.6 Å². The Balaban J connectivity index is 1.40. The number of anilines is 1. The number of nitriles is 2. The largest absolute Gasteiger partial charge is 0.437 e. The zero-order chi connectivity index (χ0) is 25.1. The molecule has 2 bridgehead atoms. The van der Waals surface area contributed by atoms with Crippen LogP contribution in [-0.2, 0) is 7.05 Å². The second kappa shape index (κ2) is 7.65. The monoisotopic (exact) mass is 477 g/mol. The molecule has 178 valence electrons. The Morgan fingerprint density at radius 1 is 1.11 bits per heavy atom. The van der Waals surface area contributed by atoms with Crippen molar-refractivity contribution in [3.05, 3.63) is 53.5 Å². The number of hydrogen-bond acceptors (Lipinski definition) is 8. The second-order valence-electron chi connectivity index (χ2n) is 9.91. The summed E-state index contributed by atoms with van der Waals surface area (Å²) in [6.45, 7) is 3.93. The number of aryl methyl sites for hydroxylation is 3. The molecule has 3 heterocycles. The first-order valence-corrected chi connectivity index (χ1v) is 11.6. The summed E-state index contributed by atoms with van der Waals surface area (Å²) in [5.74, 6) is 1.52. The molecule has 10 heteroatoms. The van der Waals surface area contributed by atoms with E-state index in [1.165, 1.54) is 6.08 Å². The lowest BCUT2D eigenvalue weighted by Gasteiger charge is -2.66. The Kier molecular flexibility index (Phi) is 4.64. The molecule has 36 heavy (non-hydrogen) atoms. The summed E-state index contributed by atoms with van der Waals surface area (Å²) in [5, 5.41) is 31.3. The van der Waals surface area contributed by atoms with Gasteiger partial charge in [-0.15, -0.1) is 5.10 Å². The average Bonchev–Trinajstić information content (AvgIpc) is 3.42. The Labute approximate surface area is 207 Å². The van der Waals surface area contributed by atoms with Gasteiger partial charge in [0.15, 0.2) is 5.65 Å². The van der Waals surface area contributed by atoms with Crippen molar-refractivity contribution in [2.45, 2.75) is 38.6 Å². The van der Waals surface area contributed by atoms with Crippen LogP contribution in [0.15, 0.2) is 36.8 Å². The Bertz CT molecular complexity index is 1600. The summed E-state index contributed by atoms with van der Waals surface area (Å²) < 4.78 is 9.84. The van der Waals surface area contributed by atoms with Crippen LogP contribution in [0.1, 0.15) is 36.0 Å². The van der Waals surface area contributed by atoms with Gasteiger partial charge in [-0.25, -0.2) is 4.68 Å². The standard InChI is InChI=1S/C26H23N9O/c1-16-7-18(5-4-6-27)8-17(2)21(16)36-23-20-11-35(19-9-29-34(3)10-19)33-22(20)30-24(31-23)32-26-12-25(13-26,14-26)15-28/h4-5,7-11H,12-14H2,1-3H3,(H,30,32,33)/b5-4+. The van der Waals surface area contributed by atoms with Crippen molar-refractivity contribution in [2.75, 3.05) is 5.32 Å². The smallest absolute Gasteiger partial charge is 0.235 e. The molecule has 1 N–H and O–H groups in total. The molecular formula is C26H23N9O. The highest BCUT2D eigenvalue weighted by Gasteiger charge is 2.69. The Hall–Kier alpha value is -4.70. The van der Waals surface area contributed by atoms with Crippen LogP contribution in [-0.4, -0.2) is 35.1 Å². The minimum Gasteiger partial charge on any atom is -0.437 e.